The highest BCUT2D eigenvalue weighted by atomic mass is 16.5. The van der Waals surface area contributed by atoms with Crippen molar-refractivity contribution >= 4 is 16.9 Å². The zero-order valence-corrected chi connectivity index (χ0v) is 20.2. The molecule has 0 spiro atoms. The number of aromatic nitrogens is 2. The smallest absolute Gasteiger partial charge is 0.255 e. The number of aryl methyl sites for hydroxylation is 3. The minimum absolute atomic E-state index is 0.193. The number of methoxy groups -OCH3 is 1. The summed E-state index contributed by atoms with van der Waals surface area (Å²) in [5, 5.41) is 3.09. The molecule has 1 heterocycles. The van der Waals surface area contributed by atoms with Crippen molar-refractivity contribution in [3.63, 3.8) is 0 Å². The number of hydrogen-bond donors (Lipinski definition) is 1. The molecule has 0 aliphatic heterocycles. The van der Waals surface area contributed by atoms with Crippen LogP contribution in [0.5, 0.6) is 11.5 Å². The Hall–Kier alpha value is -3.80. The Morgan fingerprint density at radius 3 is 2.47 bits per heavy atom. The van der Waals surface area contributed by atoms with E-state index in [-0.39, 0.29) is 11.9 Å². The average molecular weight is 458 g/mol. The zero-order valence-electron chi connectivity index (χ0n) is 20.2. The monoisotopic (exact) mass is 457 g/mol. The maximum Gasteiger partial charge on any atom is 0.255 e. The van der Waals surface area contributed by atoms with Crippen LogP contribution in [0, 0.1) is 13.8 Å². The molecule has 1 atom stereocenters. The van der Waals surface area contributed by atoms with Crippen LogP contribution in [0.15, 0.2) is 66.7 Å². The molecule has 0 fully saturated rings. The number of carbonyl (C=O) groups excluding carboxylic acids is 1. The van der Waals surface area contributed by atoms with Crippen molar-refractivity contribution < 1.29 is 14.3 Å². The molecule has 176 valence electrons. The Morgan fingerprint density at radius 1 is 1.00 bits per heavy atom. The van der Waals surface area contributed by atoms with Crippen LogP contribution in [0.3, 0.4) is 0 Å². The molecule has 4 rings (SSSR count). The van der Waals surface area contributed by atoms with Gasteiger partial charge in [-0.25, -0.2) is 4.98 Å². The molecule has 1 N–H and O–H groups in total. The van der Waals surface area contributed by atoms with Crippen molar-refractivity contribution in [2.45, 2.75) is 39.8 Å². The van der Waals surface area contributed by atoms with Gasteiger partial charge in [0.05, 0.1) is 36.4 Å². The fraction of sp³-hybridized carbons (Fsp3) is 0.286. The van der Waals surface area contributed by atoms with Crippen LogP contribution in [-0.2, 0) is 6.54 Å². The van der Waals surface area contributed by atoms with Gasteiger partial charge in [-0.3, -0.25) is 4.79 Å². The SMILES string of the molecule is COc1ccccc1C(=O)NC(C)c1nc2ccccc2n1CCCOc1c(C)cccc1C. The lowest BCUT2D eigenvalue weighted by molar-refractivity contribution is 0.0934. The zero-order chi connectivity index (χ0) is 24.1. The lowest BCUT2D eigenvalue weighted by atomic mass is 10.1. The van der Waals surface area contributed by atoms with E-state index in [0.717, 1.165) is 46.7 Å². The second-order valence-electron chi connectivity index (χ2n) is 8.43. The van der Waals surface area contributed by atoms with Crippen LogP contribution in [-0.4, -0.2) is 29.2 Å². The third-order valence-electron chi connectivity index (χ3n) is 5.95. The predicted molar refractivity (Wildman–Crippen MR) is 135 cm³/mol. The number of fused-ring (bicyclic) bond motifs is 1. The number of imidazole rings is 1. The largest absolute Gasteiger partial charge is 0.496 e. The quantitative estimate of drug-likeness (QED) is 0.331. The van der Waals surface area contributed by atoms with Crippen LogP contribution >= 0.6 is 0 Å². The van der Waals surface area contributed by atoms with Gasteiger partial charge in [0.25, 0.3) is 5.91 Å². The van der Waals surface area contributed by atoms with E-state index in [1.54, 1.807) is 19.2 Å². The number of para-hydroxylation sites is 4. The minimum atomic E-state index is -0.288. The minimum Gasteiger partial charge on any atom is -0.496 e. The van der Waals surface area contributed by atoms with Gasteiger partial charge >= 0.3 is 0 Å². The van der Waals surface area contributed by atoms with Crippen molar-refractivity contribution in [1.29, 1.82) is 0 Å². The van der Waals surface area contributed by atoms with E-state index in [9.17, 15) is 4.79 Å². The number of hydrogen-bond acceptors (Lipinski definition) is 4. The van der Waals surface area contributed by atoms with E-state index >= 15 is 0 Å². The highest BCUT2D eigenvalue weighted by Crippen LogP contribution is 2.25. The van der Waals surface area contributed by atoms with Gasteiger partial charge < -0.3 is 19.4 Å². The summed E-state index contributed by atoms with van der Waals surface area (Å²) < 4.78 is 13.6. The highest BCUT2D eigenvalue weighted by Gasteiger charge is 2.20. The summed E-state index contributed by atoms with van der Waals surface area (Å²) in [6.45, 7) is 7.42. The standard InChI is InChI=1S/C28H31N3O3/c1-19-11-9-12-20(2)26(19)34-18-10-17-31-24-15-7-6-14-23(24)30-27(31)21(3)29-28(32)22-13-5-8-16-25(22)33-4/h5-9,11-16,21H,10,17-18H2,1-4H3,(H,29,32). The van der Waals surface area contributed by atoms with Crippen molar-refractivity contribution in [2.75, 3.05) is 13.7 Å². The highest BCUT2D eigenvalue weighted by molar-refractivity contribution is 5.97. The topological polar surface area (TPSA) is 65.4 Å². The number of amides is 1. The first-order valence-electron chi connectivity index (χ1n) is 11.6. The van der Waals surface area contributed by atoms with E-state index < -0.39 is 0 Å². The van der Waals surface area contributed by atoms with Crippen molar-refractivity contribution in [3.8, 4) is 11.5 Å². The third-order valence-corrected chi connectivity index (χ3v) is 5.95. The third kappa shape index (κ3) is 4.91. The number of ether oxygens (including phenoxy) is 2. The van der Waals surface area contributed by atoms with E-state index in [4.69, 9.17) is 14.5 Å². The van der Waals surface area contributed by atoms with Crippen LogP contribution in [0.2, 0.25) is 0 Å². The predicted octanol–water partition coefficient (Wildman–Crippen LogP) is 5.62. The summed E-state index contributed by atoms with van der Waals surface area (Å²) >= 11 is 0. The molecule has 4 aromatic rings. The first-order valence-corrected chi connectivity index (χ1v) is 11.6. The number of nitrogens with one attached hydrogen (secondary N) is 1. The van der Waals surface area contributed by atoms with Crippen molar-refractivity contribution in [2.24, 2.45) is 0 Å². The number of benzene rings is 3. The molecule has 1 aromatic heterocycles. The first kappa shape index (κ1) is 23.4. The second kappa shape index (κ2) is 10.4. The summed E-state index contributed by atoms with van der Waals surface area (Å²) in [5.41, 5.74) is 4.74. The molecule has 0 saturated carbocycles. The average Bonchev–Trinajstić information content (AvgIpc) is 3.22. The number of nitrogens with zero attached hydrogens (tertiary/aromatic N) is 2. The second-order valence-corrected chi connectivity index (χ2v) is 8.43. The van der Waals surface area contributed by atoms with Gasteiger partial charge in [-0.15, -0.1) is 0 Å². The molecule has 0 aliphatic carbocycles. The van der Waals surface area contributed by atoms with Crippen LogP contribution in [0.4, 0.5) is 0 Å². The Balaban J connectivity index is 1.51. The Morgan fingerprint density at radius 2 is 1.71 bits per heavy atom. The molecular formula is C28H31N3O3. The van der Waals surface area contributed by atoms with E-state index in [2.05, 4.69) is 41.9 Å². The lowest BCUT2D eigenvalue weighted by Gasteiger charge is -2.18. The maximum absolute atomic E-state index is 13.0. The fourth-order valence-electron chi connectivity index (χ4n) is 4.25. The Labute approximate surface area is 200 Å². The van der Waals surface area contributed by atoms with E-state index in [0.29, 0.717) is 17.9 Å². The maximum atomic E-state index is 13.0. The molecule has 1 unspecified atom stereocenters. The van der Waals surface area contributed by atoms with Gasteiger partial charge in [0.2, 0.25) is 0 Å². The molecule has 0 aliphatic rings. The summed E-state index contributed by atoms with van der Waals surface area (Å²) in [6.07, 6.45) is 0.814. The summed E-state index contributed by atoms with van der Waals surface area (Å²) in [7, 11) is 1.56. The van der Waals surface area contributed by atoms with Crippen LogP contribution in [0.25, 0.3) is 11.0 Å². The summed E-state index contributed by atoms with van der Waals surface area (Å²) in [5.74, 6) is 2.12. The van der Waals surface area contributed by atoms with Gasteiger partial charge in [-0.2, -0.15) is 0 Å². The Kier molecular flexibility index (Phi) is 7.16. The summed E-state index contributed by atoms with van der Waals surface area (Å²) in [6, 6.07) is 21.1. The van der Waals surface area contributed by atoms with Gasteiger partial charge in [0.1, 0.15) is 17.3 Å². The molecule has 1 amide bonds. The van der Waals surface area contributed by atoms with Gasteiger partial charge in [-0.05, 0) is 62.6 Å². The molecule has 0 bridgehead atoms. The van der Waals surface area contributed by atoms with Gasteiger partial charge in [-0.1, -0.05) is 42.5 Å². The number of rotatable bonds is 9. The molecule has 6 heteroatoms. The molecule has 3 aromatic carbocycles. The first-order chi connectivity index (χ1) is 16.5. The Bertz CT molecular complexity index is 1280. The lowest BCUT2D eigenvalue weighted by Crippen LogP contribution is -2.29. The normalized spacial score (nSPS) is 11.9. The van der Waals surface area contributed by atoms with Crippen LogP contribution in [0.1, 0.15) is 46.7 Å². The van der Waals surface area contributed by atoms with E-state index in [1.807, 2.05) is 43.3 Å². The van der Waals surface area contributed by atoms with Gasteiger partial charge in [0, 0.05) is 6.54 Å². The molecule has 34 heavy (non-hydrogen) atoms. The number of carbonyl (C=O) groups is 1. The molecular weight excluding hydrogens is 426 g/mol. The van der Waals surface area contributed by atoms with E-state index in [1.165, 1.54) is 0 Å². The van der Waals surface area contributed by atoms with Crippen molar-refractivity contribution in [1.82, 2.24) is 14.9 Å². The van der Waals surface area contributed by atoms with Gasteiger partial charge in [0.15, 0.2) is 0 Å². The van der Waals surface area contributed by atoms with Crippen LogP contribution < -0.4 is 14.8 Å². The summed E-state index contributed by atoms with van der Waals surface area (Å²) in [4.78, 5) is 17.8. The van der Waals surface area contributed by atoms with Crippen molar-refractivity contribution in [3.05, 3.63) is 89.2 Å². The molecule has 0 radical (unpaired) electrons. The fourth-order valence-corrected chi connectivity index (χ4v) is 4.25. The molecule has 0 saturated heterocycles. The molecule has 6 nitrogen and oxygen atoms in total.